The van der Waals surface area contributed by atoms with Gasteiger partial charge in [-0.1, -0.05) is 18.2 Å². The molecule has 0 fully saturated rings. The molecule has 0 bridgehead atoms. The molecule has 1 atom stereocenters. The molecule has 112 valence electrons. The van der Waals surface area contributed by atoms with E-state index < -0.39 is 0 Å². The van der Waals surface area contributed by atoms with Gasteiger partial charge in [0.1, 0.15) is 5.76 Å². The third-order valence-electron chi connectivity index (χ3n) is 2.80. The van der Waals surface area contributed by atoms with Gasteiger partial charge >= 0.3 is 0 Å². The SMILES string of the molecule is COC[C@H](C)NC(=O)c1ccc(CSc2ccccc2)o1. The van der Waals surface area contributed by atoms with E-state index in [-0.39, 0.29) is 11.9 Å². The first kappa shape index (κ1) is 15.7. The van der Waals surface area contributed by atoms with Crippen LogP contribution in [0, 0.1) is 0 Å². The lowest BCUT2D eigenvalue weighted by Crippen LogP contribution is -2.35. The molecule has 0 aliphatic rings. The molecule has 0 aliphatic carbocycles. The van der Waals surface area contributed by atoms with Gasteiger partial charge in [-0.2, -0.15) is 0 Å². The van der Waals surface area contributed by atoms with E-state index in [1.165, 1.54) is 4.90 Å². The molecule has 5 heteroatoms. The lowest BCUT2D eigenvalue weighted by molar-refractivity contribution is 0.0876. The van der Waals surface area contributed by atoms with Crippen molar-refractivity contribution in [1.29, 1.82) is 0 Å². The monoisotopic (exact) mass is 305 g/mol. The first-order chi connectivity index (χ1) is 10.2. The van der Waals surface area contributed by atoms with Gasteiger partial charge in [0.25, 0.3) is 5.91 Å². The topological polar surface area (TPSA) is 51.5 Å². The zero-order valence-electron chi connectivity index (χ0n) is 12.2. The Kier molecular flexibility index (Phi) is 5.90. The predicted octanol–water partition coefficient (Wildman–Crippen LogP) is 3.34. The van der Waals surface area contributed by atoms with Crippen molar-refractivity contribution in [2.75, 3.05) is 13.7 Å². The Morgan fingerprint density at radius 3 is 2.76 bits per heavy atom. The molecular weight excluding hydrogens is 286 g/mol. The molecule has 0 radical (unpaired) electrons. The van der Waals surface area contributed by atoms with Crippen molar-refractivity contribution in [3.63, 3.8) is 0 Å². The largest absolute Gasteiger partial charge is 0.455 e. The number of hydrogen-bond acceptors (Lipinski definition) is 4. The molecular formula is C16H19NO3S. The summed E-state index contributed by atoms with van der Waals surface area (Å²) < 4.78 is 10.6. The van der Waals surface area contributed by atoms with Crippen LogP contribution in [0.1, 0.15) is 23.2 Å². The maximum absolute atomic E-state index is 12.0. The number of carbonyl (C=O) groups is 1. The molecule has 1 heterocycles. The normalized spacial score (nSPS) is 12.1. The zero-order valence-corrected chi connectivity index (χ0v) is 13.0. The first-order valence-electron chi connectivity index (χ1n) is 6.75. The van der Waals surface area contributed by atoms with Crippen LogP contribution in [-0.2, 0) is 10.5 Å². The minimum Gasteiger partial charge on any atom is -0.455 e. The molecule has 1 aromatic carbocycles. The minimum absolute atomic E-state index is 0.0465. The second-order valence-electron chi connectivity index (χ2n) is 4.70. The number of rotatable bonds is 7. The molecule has 1 aromatic heterocycles. The number of nitrogens with one attached hydrogen (secondary N) is 1. The van der Waals surface area contributed by atoms with Crippen LogP contribution < -0.4 is 5.32 Å². The Bertz CT molecular complexity index is 568. The summed E-state index contributed by atoms with van der Waals surface area (Å²) in [6.07, 6.45) is 0. The van der Waals surface area contributed by atoms with E-state index in [4.69, 9.17) is 9.15 Å². The Hall–Kier alpha value is -1.72. The van der Waals surface area contributed by atoms with Crippen molar-refractivity contribution in [2.45, 2.75) is 23.6 Å². The van der Waals surface area contributed by atoms with E-state index in [2.05, 4.69) is 5.32 Å². The summed E-state index contributed by atoms with van der Waals surface area (Å²) in [5, 5.41) is 2.82. The summed E-state index contributed by atoms with van der Waals surface area (Å²) in [6.45, 7) is 2.36. The number of thioether (sulfide) groups is 1. The lowest BCUT2D eigenvalue weighted by atomic mass is 10.3. The number of carbonyl (C=O) groups excluding carboxylic acids is 1. The van der Waals surface area contributed by atoms with E-state index in [1.807, 2.05) is 43.3 Å². The molecule has 0 unspecified atom stereocenters. The summed E-state index contributed by atoms with van der Waals surface area (Å²) in [5.74, 6) is 1.61. The smallest absolute Gasteiger partial charge is 0.287 e. The van der Waals surface area contributed by atoms with Crippen LogP contribution in [0.15, 0.2) is 51.8 Å². The maximum atomic E-state index is 12.0. The summed E-state index contributed by atoms with van der Waals surface area (Å²) >= 11 is 1.68. The van der Waals surface area contributed by atoms with E-state index in [0.29, 0.717) is 18.1 Å². The molecule has 2 rings (SSSR count). The van der Waals surface area contributed by atoms with Gasteiger partial charge < -0.3 is 14.5 Å². The van der Waals surface area contributed by atoms with Crippen molar-refractivity contribution < 1.29 is 13.9 Å². The van der Waals surface area contributed by atoms with Crippen LogP contribution in [-0.4, -0.2) is 25.7 Å². The number of furan rings is 1. The Balaban J connectivity index is 1.87. The van der Waals surface area contributed by atoms with Gasteiger partial charge in [-0.3, -0.25) is 4.79 Å². The van der Waals surface area contributed by atoms with Gasteiger partial charge in [0.15, 0.2) is 5.76 Å². The highest BCUT2D eigenvalue weighted by atomic mass is 32.2. The average molecular weight is 305 g/mol. The van der Waals surface area contributed by atoms with E-state index >= 15 is 0 Å². The molecule has 0 saturated heterocycles. The summed E-state index contributed by atoms with van der Waals surface area (Å²) in [6, 6.07) is 13.6. The molecule has 21 heavy (non-hydrogen) atoms. The summed E-state index contributed by atoms with van der Waals surface area (Å²) in [7, 11) is 1.61. The zero-order chi connectivity index (χ0) is 15.1. The second kappa shape index (κ2) is 7.90. The third kappa shape index (κ3) is 4.95. The molecule has 4 nitrogen and oxygen atoms in total. The van der Waals surface area contributed by atoms with Gasteiger partial charge in [0.2, 0.25) is 0 Å². The number of benzene rings is 1. The quantitative estimate of drug-likeness (QED) is 0.797. The fraction of sp³-hybridized carbons (Fsp3) is 0.312. The molecule has 0 aliphatic heterocycles. The van der Waals surface area contributed by atoms with Gasteiger partial charge in [-0.15, -0.1) is 11.8 Å². The lowest BCUT2D eigenvalue weighted by Gasteiger charge is -2.11. The highest BCUT2D eigenvalue weighted by Gasteiger charge is 2.13. The Morgan fingerprint density at radius 1 is 1.29 bits per heavy atom. The van der Waals surface area contributed by atoms with Crippen LogP contribution in [0.2, 0.25) is 0 Å². The van der Waals surface area contributed by atoms with E-state index in [1.54, 1.807) is 24.9 Å². The highest BCUT2D eigenvalue weighted by Crippen LogP contribution is 2.23. The average Bonchev–Trinajstić information content (AvgIpc) is 2.95. The molecule has 1 amide bonds. The van der Waals surface area contributed by atoms with Crippen LogP contribution in [0.5, 0.6) is 0 Å². The van der Waals surface area contributed by atoms with Gasteiger partial charge in [-0.25, -0.2) is 0 Å². The van der Waals surface area contributed by atoms with E-state index in [0.717, 1.165) is 5.76 Å². The van der Waals surface area contributed by atoms with Crippen LogP contribution >= 0.6 is 11.8 Å². The van der Waals surface area contributed by atoms with Crippen LogP contribution in [0.4, 0.5) is 0 Å². The second-order valence-corrected chi connectivity index (χ2v) is 5.75. The number of methoxy groups -OCH3 is 1. The molecule has 0 spiro atoms. The standard InChI is InChI=1S/C16H19NO3S/c1-12(10-19-2)17-16(18)15-9-8-13(20-15)11-21-14-6-4-3-5-7-14/h3-9,12H,10-11H2,1-2H3,(H,17,18)/t12-/m0/s1. The molecule has 1 N–H and O–H groups in total. The molecule has 0 saturated carbocycles. The Morgan fingerprint density at radius 2 is 2.05 bits per heavy atom. The van der Waals surface area contributed by atoms with Crippen molar-refractivity contribution in [3.05, 3.63) is 54.0 Å². The minimum atomic E-state index is -0.212. The fourth-order valence-corrected chi connectivity index (χ4v) is 2.65. The van der Waals surface area contributed by atoms with Crippen LogP contribution in [0.25, 0.3) is 0 Å². The highest BCUT2D eigenvalue weighted by molar-refractivity contribution is 7.98. The summed E-state index contributed by atoms with van der Waals surface area (Å²) in [5.41, 5.74) is 0. The Labute approximate surface area is 128 Å². The van der Waals surface area contributed by atoms with Crippen molar-refractivity contribution >= 4 is 17.7 Å². The third-order valence-corrected chi connectivity index (χ3v) is 3.84. The van der Waals surface area contributed by atoms with Crippen LogP contribution in [0.3, 0.4) is 0 Å². The number of hydrogen-bond donors (Lipinski definition) is 1. The van der Waals surface area contributed by atoms with Gasteiger partial charge in [-0.05, 0) is 31.2 Å². The number of amides is 1. The maximum Gasteiger partial charge on any atom is 0.287 e. The summed E-state index contributed by atoms with van der Waals surface area (Å²) in [4.78, 5) is 13.1. The molecule has 2 aromatic rings. The predicted molar refractivity (Wildman–Crippen MR) is 83.5 cm³/mol. The van der Waals surface area contributed by atoms with Gasteiger partial charge in [0.05, 0.1) is 12.4 Å². The number of ether oxygens (including phenoxy) is 1. The van der Waals surface area contributed by atoms with Crippen molar-refractivity contribution in [2.24, 2.45) is 0 Å². The fourth-order valence-electron chi connectivity index (χ4n) is 1.84. The van der Waals surface area contributed by atoms with Crippen molar-refractivity contribution in [3.8, 4) is 0 Å². The van der Waals surface area contributed by atoms with E-state index in [9.17, 15) is 4.79 Å². The van der Waals surface area contributed by atoms with Gasteiger partial charge in [0, 0.05) is 18.0 Å². The van der Waals surface area contributed by atoms with Crippen molar-refractivity contribution in [1.82, 2.24) is 5.32 Å². The first-order valence-corrected chi connectivity index (χ1v) is 7.74.